The van der Waals surface area contributed by atoms with Gasteiger partial charge in [0.15, 0.2) is 0 Å². The lowest BCUT2D eigenvalue weighted by atomic mass is 10.1. The van der Waals surface area contributed by atoms with Crippen LogP contribution in [0.15, 0.2) is 48.5 Å². The number of benzene rings is 2. The zero-order chi connectivity index (χ0) is 19.4. The predicted molar refractivity (Wildman–Crippen MR) is 100 cm³/mol. The third kappa shape index (κ3) is 4.49. The van der Waals surface area contributed by atoms with Crippen LogP contribution in [0.1, 0.15) is 23.2 Å². The smallest absolute Gasteiger partial charge is 0.254 e. The average Bonchev–Trinajstić information content (AvgIpc) is 3.09. The van der Waals surface area contributed by atoms with Crippen molar-refractivity contribution in [2.45, 2.75) is 12.8 Å². The molecule has 27 heavy (non-hydrogen) atoms. The van der Waals surface area contributed by atoms with E-state index in [0.717, 1.165) is 6.42 Å². The number of hydrogen-bond donors (Lipinski definition) is 1. The van der Waals surface area contributed by atoms with Gasteiger partial charge in [-0.25, -0.2) is 4.39 Å². The van der Waals surface area contributed by atoms with Gasteiger partial charge in [-0.3, -0.25) is 14.4 Å². The van der Waals surface area contributed by atoms with Crippen molar-refractivity contribution in [3.05, 3.63) is 59.9 Å². The van der Waals surface area contributed by atoms with E-state index in [1.807, 2.05) is 0 Å². The van der Waals surface area contributed by atoms with Gasteiger partial charge < -0.3 is 15.1 Å². The molecule has 0 saturated carbocycles. The number of carbonyl (C=O) groups is 3. The van der Waals surface area contributed by atoms with E-state index in [4.69, 9.17) is 0 Å². The van der Waals surface area contributed by atoms with Crippen molar-refractivity contribution in [2.75, 3.05) is 30.4 Å². The highest BCUT2D eigenvalue weighted by Crippen LogP contribution is 2.22. The van der Waals surface area contributed by atoms with Gasteiger partial charge in [-0.2, -0.15) is 0 Å². The number of likely N-dealkylation sites (N-methyl/N-ethyl adjacent to an activating group) is 1. The minimum Gasteiger partial charge on any atom is -0.332 e. The Labute approximate surface area is 156 Å². The summed E-state index contributed by atoms with van der Waals surface area (Å²) in [6.07, 6.45) is 1.32. The van der Waals surface area contributed by atoms with Gasteiger partial charge >= 0.3 is 0 Å². The molecule has 0 radical (unpaired) electrons. The Hall–Kier alpha value is -3.22. The van der Waals surface area contributed by atoms with E-state index in [-0.39, 0.29) is 24.3 Å². The maximum atomic E-state index is 12.9. The van der Waals surface area contributed by atoms with Crippen LogP contribution in [-0.2, 0) is 9.59 Å². The Morgan fingerprint density at radius 1 is 1.19 bits per heavy atom. The fourth-order valence-electron chi connectivity index (χ4n) is 2.97. The van der Waals surface area contributed by atoms with Crippen LogP contribution in [0, 0.1) is 5.82 Å². The molecule has 0 spiro atoms. The van der Waals surface area contributed by atoms with E-state index in [0.29, 0.717) is 29.9 Å². The van der Waals surface area contributed by atoms with Gasteiger partial charge in [0, 0.05) is 37.0 Å². The summed E-state index contributed by atoms with van der Waals surface area (Å²) in [5.74, 6) is -1.05. The van der Waals surface area contributed by atoms with Gasteiger partial charge in [-0.1, -0.05) is 6.07 Å². The Bertz CT molecular complexity index is 867. The maximum absolute atomic E-state index is 12.9. The summed E-state index contributed by atoms with van der Waals surface area (Å²) in [4.78, 5) is 39.6. The maximum Gasteiger partial charge on any atom is 0.254 e. The highest BCUT2D eigenvalue weighted by Gasteiger charge is 2.23. The van der Waals surface area contributed by atoms with Crippen molar-refractivity contribution in [2.24, 2.45) is 0 Å². The largest absolute Gasteiger partial charge is 0.332 e. The summed E-state index contributed by atoms with van der Waals surface area (Å²) >= 11 is 0. The number of amides is 3. The van der Waals surface area contributed by atoms with E-state index < -0.39 is 5.82 Å². The number of anilines is 2. The van der Waals surface area contributed by atoms with Crippen molar-refractivity contribution >= 4 is 29.1 Å². The minimum atomic E-state index is -0.392. The van der Waals surface area contributed by atoms with Gasteiger partial charge in [0.1, 0.15) is 5.82 Å². The van der Waals surface area contributed by atoms with Crippen LogP contribution in [0.2, 0.25) is 0 Å². The number of halogens is 1. The zero-order valence-corrected chi connectivity index (χ0v) is 14.9. The lowest BCUT2D eigenvalue weighted by molar-refractivity contribution is -0.117. The molecular formula is C20H20FN3O3. The standard InChI is InChI=1S/C20H20FN3O3/c1-23(13-18(25)22-16-9-7-15(21)8-10-16)20(27)14-4-2-5-17(12-14)24-11-3-6-19(24)26/h2,4-5,7-10,12H,3,6,11,13H2,1H3,(H,22,25). The topological polar surface area (TPSA) is 69.7 Å². The third-order valence-electron chi connectivity index (χ3n) is 4.33. The molecule has 1 aliphatic rings. The first-order chi connectivity index (χ1) is 12.9. The van der Waals surface area contributed by atoms with Crippen LogP contribution in [-0.4, -0.2) is 42.8 Å². The summed E-state index contributed by atoms with van der Waals surface area (Å²) in [6.45, 7) is 0.496. The molecule has 3 rings (SSSR count). The Morgan fingerprint density at radius 3 is 2.59 bits per heavy atom. The van der Waals surface area contributed by atoms with E-state index >= 15 is 0 Å². The molecule has 2 aromatic carbocycles. The number of nitrogens with zero attached hydrogens (tertiary/aromatic N) is 2. The molecule has 1 saturated heterocycles. The lowest BCUT2D eigenvalue weighted by Crippen LogP contribution is -2.35. The molecule has 0 bridgehead atoms. The van der Waals surface area contributed by atoms with E-state index in [1.165, 1.54) is 36.2 Å². The fraction of sp³-hybridized carbons (Fsp3) is 0.250. The van der Waals surface area contributed by atoms with Crippen LogP contribution in [0.4, 0.5) is 15.8 Å². The summed E-state index contributed by atoms with van der Waals surface area (Å²) in [6, 6.07) is 12.2. The molecule has 1 heterocycles. The molecule has 0 atom stereocenters. The average molecular weight is 369 g/mol. The lowest BCUT2D eigenvalue weighted by Gasteiger charge is -2.19. The van der Waals surface area contributed by atoms with Gasteiger partial charge in [0.25, 0.3) is 5.91 Å². The molecule has 2 aromatic rings. The van der Waals surface area contributed by atoms with Crippen LogP contribution in [0.5, 0.6) is 0 Å². The monoisotopic (exact) mass is 369 g/mol. The molecule has 6 nitrogen and oxygen atoms in total. The summed E-state index contributed by atoms with van der Waals surface area (Å²) in [5.41, 5.74) is 1.55. The molecule has 3 amide bonds. The molecule has 140 valence electrons. The number of rotatable bonds is 5. The molecule has 0 unspecified atom stereocenters. The predicted octanol–water partition coefficient (Wildman–Crippen LogP) is 2.66. The van der Waals surface area contributed by atoms with Gasteiger partial charge in [0.05, 0.1) is 6.54 Å². The highest BCUT2D eigenvalue weighted by atomic mass is 19.1. The first kappa shape index (κ1) is 18.6. The SMILES string of the molecule is CN(CC(=O)Nc1ccc(F)cc1)C(=O)c1cccc(N2CCCC2=O)c1. The Balaban J connectivity index is 1.63. The second-order valence-electron chi connectivity index (χ2n) is 6.42. The second-order valence-corrected chi connectivity index (χ2v) is 6.42. The highest BCUT2D eigenvalue weighted by molar-refractivity contribution is 6.01. The van der Waals surface area contributed by atoms with Crippen molar-refractivity contribution in [1.82, 2.24) is 4.90 Å². The van der Waals surface area contributed by atoms with Crippen molar-refractivity contribution in [3.63, 3.8) is 0 Å². The van der Waals surface area contributed by atoms with E-state index in [1.54, 1.807) is 29.2 Å². The van der Waals surface area contributed by atoms with Gasteiger partial charge in [-0.05, 0) is 48.9 Å². The van der Waals surface area contributed by atoms with Crippen molar-refractivity contribution in [3.8, 4) is 0 Å². The van der Waals surface area contributed by atoms with Crippen LogP contribution in [0.25, 0.3) is 0 Å². The normalized spacial score (nSPS) is 13.6. The molecule has 0 aromatic heterocycles. The molecular weight excluding hydrogens is 349 g/mol. The fourth-order valence-corrected chi connectivity index (χ4v) is 2.97. The zero-order valence-electron chi connectivity index (χ0n) is 14.9. The summed E-state index contributed by atoms with van der Waals surface area (Å²) < 4.78 is 12.9. The Kier molecular flexibility index (Phi) is 5.49. The van der Waals surface area contributed by atoms with Crippen molar-refractivity contribution < 1.29 is 18.8 Å². The van der Waals surface area contributed by atoms with Gasteiger partial charge in [-0.15, -0.1) is 0 Å². The first-order valence-corrected chi connectivity index (χ1v) is 8.65. The van der Waals surface area contributed by atoms with Crippen LogP contribution in [0.3, 0.4) is 0 Å². The summed E-state index contributed by atoms with van der Waals surface area (Å²) in [7, 11) is 1.53. The quantitative estimate of drug-likeness (QED) is 0.881. The number of carbonyl (C=O) groups excluding carboxylic acids is 3. The minimum absolute atomic E-state index is 0.0478. The van der Waals surface area contributed by atoms with E-state index in [9.17, 15) is 18.8 Å². The Morgan fingerprint density at radius 2 is 1.93 bits per heavy atom. The third-order valence-corrected chi connectivity index (χ3v) is 4.33. The summed E-state index contributed by atoms with van der Waals surface area (Å²) in [5, 5.41) is 2.62. The first-order valence-electron chi connectivity index (χ1n) is 8.65. The van der Waals surface area contributed by atoms with Gasteiger partial charge in [0.2, 0.25) is 11.8 Å². The molecule has 7 heteroatoms. The number of hydrogen-bond acceptors (Lipinski definition) is 3. The van der Waals surface area contributed by atoms with Crippen molar-refractivity contribution in [1.29, 1.82) is 0 Å². The molecule has 1 aliphatic heterocycles. The molecule has 1 N–H and O–H groups in total. The van der Waals surface area contributed by atoms with Crippen LogP contribution < -0.4 is 10.2 Å². The second kappa shape index (κ2) is 7.99. The number of nitrogens with one attached hydrogen (secondary N) is 1. The van der Waals surface area contributed by atoms with E-state index in [2.05, 4.69) is 5.32 Å². The van der Waals surface area contributed by atoms with Crippen LogP contribution >= 0.6 is 0 Å². The molecule has 0 aliphatic carbocycles. The molecule has 1 fully saturated rings.